The molecule has 2 aromatic heterocycles. The zero-order chi connectivity index (χ0) is 20.6. The Balaban J connectivity index is 1.72. The average molecular weight is 406 g/mol. The van der Waals surface area contributed by atoms with Gasteiger partial charge in [-0.2, -0.15) is 18.3 Å². The van der Waals surface area contributed by atoms with Gasteiger partial charge in [-0.25, -0.2) is 9.50 Å². The Morgan fingerprint density at radius 3 is 2.72 bits per heavy atom. The Morgan fingerprint density at radius 1 is 1.21 bits per heavy atom. The van der Waals surface area contributed by atoms with Crippen molar-refractivity contribution in [2.45, 2.75) is 64.1 Å². The van der Waals surface area contributed by atoms with Gasteiger partial charge >= 0.3 is 6.18 Å². The lowest BCUT2D eigenvalue weighted by Gasteiger charge is -2.37. The van der Waals surface area contributed by atoms with Crippen LogP contribution in [0.5, 0.6) is 0 Å². The topological polar surface area (TPSA) is 50.5 Å². The molecule has 0 unspecified atom stereocenters. The fraction of sp³-hybridized carbons (Fsp3) is 0.571. The molecular weight excluding hydrogens is 381 g/mol. The third-order valence-electron chi connectivity index (χ3n) is 5.90. The summed E-state index contributed by atoms with van der Waals surface area (Å²) >= 11 is 0. The van der Waals surface area contributed by atoms with E-state index in [2.05, 4.69) is 16.2 Å². The van der Waals surface area contributed by atoms with Gasteiger partial charge in [-0.05, 0) is 51.0 Å². The second-order valence-corrected chi connectivity index (χ2v) is 7.85. The summed E-state index contributed by atoms with van der Waals surface area (Å²) in [6.07, 6.45) is 5.00. The maximum atomic E-state index is 13.6. The largest absolute Gasteiger partial charge is 0.433 e. The van der Waals surface area contributed by atoms with Crippen molar-refractivity contribution in [1.82, 2.24) is 19.5 Å². The molecule has 2 aromatic rings. The van der Waals surface area contributed by atoms with Gasteiger partial charge in [0.25, 0.3) is 0 Å². The molecule has 0 aromatic carbocycles. The Bertz CT molecular complexity index is 934. The molecule has 0 saturated carbocycles. The maximum Gasteiger partial charge on any atom is 0.433 e. The smallest absolute Gasteiger partial charge is 0.334 e. The van der Waals surface area contributed by atoms with Crippen LogP contribution in [0, 0.1) is 5.92 Å². The normalized spacial score (nSPS) is 23.0. The second-order valence-electron chi connectivity index (χ2n) is 7.85. The fourth-order valence-corrected chi connectivity index (χ4v) is 4.35. The van der Waals surface area contributed by atoms with Crippen molar-refractivity contribution < 1.29 is 18.0 Å². The van der Waals surface area contributed by atoms with Crippen molar-refractivity contribution in [2.24, 2.45) is 5.92 Å². The van der Waals surface area contributed by atoms with E-state index in [1.54, 1.807) is 13.0 Å². The lowest BCUT2D eigenvalue weighted by atomic mass is 9.90. The Hall–Kier alpha value is -2.38. The van der Waals surface area contributed by atoms with Crippen molar-refractivity contribution in [3.05, 3.63) is 41.4 Å². The molecule has 0 radical (unpaired) electrons. The fourth-order valence-electron chi connectivity index (χ4n) is 4.35. The molecule has 1 saturated heterocycles. The molecule has 1 aliphatic heterocycles. The number of alkyl halides is 3. The second kappa shape index (κ2) is 7.80. The molecule has 2 atom stereocenters. The van der Waals surface area contributed by atoms with Gasteiger partial charge in [0.05, 0.1) is 11.7 Å². The molecule has 1 fully saturated rings. The van der Waals surface area contributed by atoms with E-state index in [1.807, 2.05) is 11.0 Å². The first-order valence-electron chi connectivity index (χ1n) is 10.3. The van der Waals surface area contributed by atoms with E-state index < -0.39 is 11.9 Å². The first kappa shape index (κ1) is 19.9. The Kier molecular flexibility index (Phi) is 5.36. The number of aromatic nitrogens is 3. The predicted octanol–water partition coefficient (Wildman–Crippen LogP) is 4.72. The predicted molar refractivity (Wildman–Crippen MR) is 102 cm³/mol. The van der Waals surface area contributed by atoms with Crippen LogP contribution >= 0.6 is 0 Å². The van der Waals surface area contributed by atoms with Crippen molar-refractivity contribution >= 4 is 11.6 Å². The number of amides is 1. The summed E-state index contributed by atoms with van der Waals surface area (Å²) < 4.78 is 41.6. The number of likely N-dealkylation sites (tertiary alicyclic amines) is 1. The van der Waals surface area contributed by atoms with Crippen molar-refractivity contribution in [1.29, 1.82) is 0 Å². The summed E-state index contributed by atoms with van der Waals surface area (Å²) in [5.41, 5.74) is 0.236. The molecule has 5 nitrogen and oxygen atoms in total. The third kappa shape index (κ3) is 3.89. The molecule has 3 heterocycles. The van der Waals surface area contributed by atoms with Gasteiger partial charge in [0.15, 0.2) is 5.65 Å². The summed E-state index contributed by atoms with van der Waals surface area (Å²) in [6, 6.07) is 2.38. The summed E-state index contributed by atoms with van der Waals surface area (Å²) in [4.78, 5) is 19.3. The van der Waals surface area contributed by atoms with E-state index in [-0.39, 0.29) is 23.5 Å². The van der Waals surface area contributed by atoms with Crippen molar-refractivity contribution in [3.8, 4) is 0 Å². The molecule has 4 rings (SSSR count). The zero-order valence-electron chi connectivity index (χ0n) is 16.5. The van der Waals surface area contributed by atoms with E-state index in [0.29, 0.717) is 30.8 Å². The number of piperidine rings is 1. The van der Waals surface area contributed by atoms with E-state index in [1.165, 1.54) is 0 Å². The Morgan fingerprint density at radius 2 is 2.03 bits per heavy atom. The quantitative estimate of drug-likeness (QED) is 0.693. The van der Waals surface area contributed by atoms with E-state index in [4.69, 9.17) is 0 Å². The number of allylic oxidation sites excluding steroid dienone is 2. The molecule has 0 bridgehead atoms. The van der Waals surface area contributed by atoms with Crippen LogP contribution in [0.1, 0.15) is 68.6 Å². The summed E-state index contributed by atoms with van der Waals surface area (Å²) in [5.74, 6) is 0.0440. The van der Waals surface area contributed by atoms with Crippen LogP contribution in [0.2, 0.25) is 0 Å². The molecule has 1 aliphatic carbocycles. The number of hydrogen-bond acceptors (Lipinski definition) is 3. The van der Waals surface area contributed by atoms with Gasteiger partial charge < -0.3 is 4.90 Å². The highest BCUT2D eigenvalue weighted by Gasteiger charge is 2.37. The van der Waals surface area contributed by atoms with Crippen LogP contribution in [-0.4, -0.2) is 31.9 Å². The zero-order valence-corrected chi connectivity index (χ0v) is 16.5. The molecule has 8 heteroatoms. The molecule has 0 spiro atoms. The first-order chi connectivity index (χ1) is 13.9. The minimum absolute atomic E-state index is 0.0480. The van der Waals surface area contributed by atoms with Crippen molar-refractivity contribution in [2.75, 3.05) is 6.54 Å². The Labute approximate surface area is 167 Å². The number of carbonyl (C=O) groups is 1. The van der Waals surface area contributed by atoms with Crippen LogP contribution in [0.25, 0.3) is 5.65 Å². The highest BCUT2D eigenvalue weighted by atomic mass is 19.4. The molecule has 0 N–H and O–H groups in total. The number of carbonyl (C=O) groups excluding carboxylic acids is 1. The minimum atomic E-state index is -4.52. The minimum Gasteiger partial charge on any atom is -0.334 e. The standard InChI is InChI=1S/C21H25F3N4O/c1-2-15-12-18(21(22,23)24)28-19(25-15)13-16(26-28)17-10-6-7-11-27(17)20(29)14-8-4-3-5-9-14/h3-4,12-14,17H,2,5-11H2,1H3/t14-,17+/m0/s1. The third-order valence-corrected chi connectivity index (χ3v) is 5.90. The number of rotatable bonds is 3. The van der Waals surface area contributed by atoms with Crippen LogP contribution in [0.3, 0.4) is 0 Å². The van der Waals surface area contributed by atoms with Gasteiger partial charge in [-0.15, -0.1) is 0 Å². The number of halogens is 3. The van der Waals surface area contributed by atoms with E-state index in [0.717, 1.165) is 42.7 Å². The number of hydrogen-bond donors (Lipinski definition) is 0. The summed E-state index contributed by atoms with van der Waals surface area (Å²) in [5, 5.41) is 4.28. The SMILES string of the molecule is CCc1cc(C(F)(F)F)n2nc([C@H]3CCCCN3C(=O)[C@H]3CC=CCC3)cc2n1. The van der Waals surface area contributed by atoms with Gasteiger partial charge in [-0.1, -0.05) is 19.1 Å². The van der Waals surface area contributed by atoms with Crippen LogP contribution in [0.4, 0.5) is 13.2 Å². The van der Waals surface area contributed by atoms with Gasteiger partial charge in [0.1, 0.15) is 5.69 Å². The molecule has 156 valence electrons. The maximum absolute atomic E-state index is 13.6. The highest BCUT2D eigenvalue weighted by Crippen LogP contribution is 2.35. The number of fused-ring (bicyclic) bond motifs is 1. The lowest BCUT2D eigenvalue weighted by Crippen LogP contribution is -2.42. The van der Waals surface area contributed by atoms with Gasteiger partial charge in [0.2, 0.25) is 5.91 Å². The number of aryl methyl sites for hydroxylation is 1. The van der Waals surface area contributed by atoms with Crippen LogP contribution < -0.4 is 0 Å². The summed E-state index contributed by atoms with van der Waals surface area (Å²) in [7, 11) is 0. The molecule has 1 amide bonds. The monoisotopic (exact) mass is 406 g/mol. The lowest BCUT2D eigenvalue weighted by molar-refractivity contribution is -0.143. The van der Waals surface area contributed by atoms with Gasteiger partial charge in [-0.3, -0.25) is 4.79 Å². The summed E-state index contributed by atoms with van der Waals surface area (Å²) in [6.45, 7) is 2.40. The molecule has 29 heavy (non-hydrogen) atoms. The van der Waals surface area contributed by atoms with E-state index in [9.17, 15) is 18.0 Å². The average Bonchev–Trinajstić information content (AvgIpc) is 3.16. The first-order valence-corrected chi connectivity index (χ1v) is 10.3. The molecule has 2 aliphatic rings. The van der Waals surface area contributed by atoms with Crippen molar-refractivity contribution in [3.63, 3.8) is 0 Å². The molecular formula is C21H25F3N4O. The number of nitrogens with zero attached hydrogens (tertiary/aromatic N) is 4. The van der Waals surface area contributed by atoms with Crippen LogP contribution in [0.15, 0.2) is 24.3 Å². The highest BCUT2D eigenvalue weighted by molar-refractivity contribution is 5.79. The van der Waals surface area contributed by atoms with Gasteiger partial charge in [0, 0.05) is 24.2 Å². The van der Waals surface area contributed by atoms with E-state index >= 15 is 0 Å². The van der Waals surface area contributed by atoms with Crippen LogP contribution in [-0.2, 0) is 17.4 Å².